The largest absolute Gasteiger partial charge is 0.493 e. The number of rotatable bonds is 9. The molecular weight excluding hydrogens is 270 g/mol. The minimum Gasteiger partial charge on any atom is -0.493 e. The highest BCUT2D eigenvalue weighted by atomic mass is 16.5. The SMILES string of the molecule is CCCOc1ccc(C(C(=O)O)N(CC)CC)cc1OC. The Morgan fingerprint density at radius 3 is 2.38 bits per heavy atom. The summed E-state index contributed by atoms with van der Waals surface area (Å²) >= 11 is 0. The van der Waals surface area contributed by atoms with Crippen LogP contribution in [0.3, 0.4) is 0 Å². The van der Waals surface area contributed by atoms with Gasteiger partial charge in [-0.25, -0.2) is 0 Å². The van der Waals surface area contributed by atoms with Crippen LogP contribution >= 0.6 is 0 Å². The average Bonchev–Trinajstić information content (AvgIpc) is 2.50. The molecule has 21 heavy (non-hydrogen) atoms. The van der Waals surface area contributed by atoms with Crippen molar-refractivity contribution < 1.29 is 19.4 Å². The average molecular weight is 295 g/mol. The highest BCUT2D eigenvalue weighted by Gasteiger charge is 2.26. The lowest BCUT2D eigenvalue weighted by molar-refractivity contribution is -0.143. The molecule has 0 radical (unpaired) electrons. The molecule has 0 fully saturated rings. The van der Waals surface area contributed by atoms with Crippen LogP contribution in [-0.4, -0.2) is 42.8 Å². The fourth-order valence-electron chi connectivity index (χ4n) is 2.28. The Labute approximate surface area is 126 Å². The van der Waals surface area contributed by atoms with Crippen molar-refractivity contribution in [3.05, 3.63) is 23.8 Å². The molecular formula is C16H25NO4. The van der Waals surface area contributed by atoms with Crippen LogP contribution in [0.2, 0.25) is 0 Å². The van der Waals surface area contributed by atoms with Crippen LogP contribution in [0.4, 0.5) is 0 Å². The maximum Gasteiger partial charge on any atom is 0.325 e. The number of carboxylic acid groups (broad SMARTS) is 1. The third-order valence-electron chi connectivity index (χ3n) is 3.38. The molecule has 0 saturated carbocycles. The molecule has 1 aromatic rings. The van der Waals surface area contributed by atoms with Gasteiger partial charge in [0.1, 0.15) is 6.04 Å². The Balaban J connectivity index is 3.12. The Morgan fingerprint density at radius 2 is 1.90 bits per heavy atom. The fourth-order valence-corrected chi connectivity index (χ4v) is 2.28. The van der Waals surface area contributed by atoms with Crippen LogP contribution in [0.25, 0.3) is 0 Å². The van der Waals surface area contributed by atoms with E-state index >= 15 is 0 Å². The minimum atomic E-state index is -0.858. The molecule has 1 aromatic carbocycles. The molecule has 0 bridgehead atoms. The molecule has 0 aromatic heterocycles. The second-order valence-electron chi connectivity index (χ2n) is 4.72. The summed E-state index contributed by atoms with van der Waals surface area (Å²) in [5.41, 5.74) is 0.701. The van der Waals surface area contributed by atoms with Crippen LogP contribution in [-0.2, 0) is 4.79 Å². The zero-order valence-corrected chi connectivity index (χ0v) is 13.3. The molecule has 0 spiro atoms. The van der Waals surface area contributed by atoms with Gasteiger partial charge >= 0.3 is 5.97 Å². The van der Waals surface area contributed by atoms with Crippen molar-refractivity contribution in [3.63, 3.8) is 0 Å². The first-order valence-corrected chi connectivity index (χ1v) is 7.36. The molecule has 1 N–H and O–H groups in total. The Kier molecular flexibility index (Phi) is 7.02. The number of carbonyl (C=O) groups is 1. The molecule has 0 saturated heterocycles. The van der Waals surface area contributed by atoms with E-state index < -0.39 is 12.0 Å². The second kappa shape index (κ2) is 8.52. The first kappa shape index (κ1) is 17.3. The number of hydrogen-bond donors (Lipinski definition) is 1. The minimum absolute atomic E-state index is 0.569. The van der Waals surface area contributed by atoms with E-state index in [1.807, 2.05) is 25.7 Å². The highest BCUT2D eigenvalue weighted by Crippen LogP contribution is 2.32. The van der Waals surface area contributed by atoms with Crippen LogP contribution in [0.1, 0.15) is 38.8 Å². The Hall–Kier alpha value is -1.75. The number of ether oxygens (including phenoxy) is 2. The second-order valence-corrected chi connectivity index (χ2v) is 4.72. The van der Waals surface area contributed by atoms with E-state index in [4.69, 9.17) is 9.47 Å². The lowest BCUT2D eigenvalue weighted by Crippen LogP contribution is -2.33. The van der Waals surface area contributed by atoms with Crippen molar-refractivity contribution in [1.29, 1.82) is 0 Å². The number of nitrogens with zero attached hydrogens (tertiary/aromatic N) is 1. The molecule has 5 nitrogen and oxygen atoms in total. The highest BCUT2D eigenvalue weighted by molar-refractivity contribution is 5.76. The zero-order valence-electron chi connectivity index (χ0n) is 13.3. The number of hydrogen-bond acceptors (Lipinski definition) is 4. The molecule has 5 heteroatoms. The summed E-state index contributed by atoms with van der Waals surface area (Å²) in [7, 11) is 1.56. The van der Waals surface area contributed by atoms with E-state index in [0.29, 0.717) is 36.8 Å². The first-order valence-electron chi connectivity index (χ1n) is 7.36. The third-order valence-corrected chi connectivity index (χ3v) is 3.38. The third kappa shape index (κ3) is 4.36. The molecule has 0 heterocycles. The summed E-state index contributed by atoms with van der Waals surface area (Å²) in [4.78, 5) is 13.5. The molecule has 0 aliphatic heterocycles. The molecule has 1 atom stereocenters. The monoisotopic (exact) mass is 295 g/mol. The lowest BCUT2D eigenvalue weighted by Gasteiger charge is -2.27. The smallest absolute Gasteiger partial charge is 0.325 e. The summed E-state index contributed by atoms with van der Waals surface area (Å²) in [5, 5.41) is 9.52. The number of aliphatic carboxylic acids is 1. The van der Waals surface area contributed by atoms with Gasteiger partial charge in [0.05, 0.1) is 13.7 Å². The van der Waals surface area contributed by atoms with Gasteiger partial charge in [-0.2, -0.15) is 0 Å². The zero-order chi connectivity index (χ0) is 15.8. The van der Waals surface area contributed by atoms with Crippen molar-refractivity contribution in [2.45, 2.75) is 33.2 Å². The summed E-state index contributed by atoms with van der Waals surface area (Å²) in [5.74, 6) is 0.356. The van der Waals surface area contributed by atoms with Crippen LogP contribution in [0, 0.1) is 0 Å². The summed E-state index contributed by atoms with van der Waals surface area (Å²) in [6.45, 7) is 7.88. The number of carboxylic acids is 1. The van der Waals surface area contributed by atoms with Gasteiger partial charge in [0.25, 0.3) is 0 Å². The van der Waals surface area contributed by atoms with E-state index in [9.17, 15) is 9.90 Å². The molecule has 1 unspecified atom stereocenters. The Bertz CT molecular complexity index is 458. The Morgan fingerprint density at radius 1 is 1.24 bits per heavy atom. The maximum absolute atomic E-state index is 11.6. The van der Waals surface area contributed by atoms with Crippen LogP contribution in [0.5, 0.6) is 11.5 Å². The first-order chi connectivity index (χ1) is 10.1. The summed E-state index contributed by atoms with van der Waals surface area (Å²) < 4.78 is 10.9. The van der Waals surface area contributed by atoms with Gasteiger partial charge in [-0.1, -0.05) is 26.8 Å². The molecule has 0 amide bonds. The van der Waals surface area contributed by atoms with Gasteiger partial charge in [0.2, 0.25) is 0 Å². The van der Waals surface area contributed by atoms with Crippen LogP contribution < -0.4 is 9.47 Å². The summed E-state index contributed by atoms with van der Waals surface area (Å²) in [6, 6.07) is 4.66. The summed E-state index contributed by atoms with van der Waals surface area (Å²) in [6.07, 6.45) is 0.905. The quantitative estimate of drug-likeness (QED) is 0.759. The molecule has 0 aliphatic carbocycles. The number of methoxy groups -OCH3 is 1. The molecule has 0 aliphatic rings. The van der Waals surface area contributed by atoms with Crippen molar-refractivity contribution in [2.75, 3.05) is 26.8 Å². The predicted octanol–water partition coefficient (Wildman–Crippen LogP) is 2.95. The van der Waals surface area contributed by atoms with E-state index in [-0.39, 0.29) is 0 Å². The van der Waals surface area contributed by atoms with Gasteiger partial charge in [-0.15, -0.1) is 0 Å². The van der Waals surface area contributed by atoms with Gasteiger partial charge in [-0.05, 0) is 37.2 Å². The fraction of sp³-hybridized carbons (Fsp3) is 0.562. The van der Waals surface area contributed by atoms with Gasteiger partial charge in [-0.3, -0.25) is 9.69 Å². The lowest BCUT2D eigenvalue weighted by atomic mass is 10.0. The van der Waals surface area contributed by atoms with Crippen LogP contribution in [0.15, 0.2) is 18.2 Å². The normalized spacial score (nSPS) is 12.2. The predicted molar refractivity (Wildman–Crippen MR) is 82.1 cm³/mol. The van der Waals surface area contributed by atoms with E-state index in [1.165, 1.54) is 0 Å². The van der Waals surface area contributed by atoms with Gasteiger partial charge in [0, 0.05) is 0 Å². The van der Waals surface area contributed by atoms with Crippen molar-refractivity contribution in [3.8, 4) is 11.5 Å². The maximum atomic E-state index is 11.6. The van der Waals surface area contributed by atoms with Gasteiger partial charge < -0.3 is 14.6 Å². The van der Waals surface area contributed by atoms with Crippen molar-refractivity contribution in [2.24, 2.45) is 0 Å². The molecule has 1 rings (SSSR count). The topological polar surface area (TPSA) is 59.0 Å². The standard InChI is InChI=1S/C16H25NO4/c1-5-10-21-13-9-8-12(11-14(13)20-4)15(16(18)19)17(6-2)7-3/h8-9,11,15H,5-7,10H2,1-4H3,(H,18,19). The van der Waals surface area contributed by atoms with E-state index in [2.05, 4.69) is 0 Å². The molecule has 118 valence electrons. The van der Waals surface area contributed by atoms with E-state index in [0.717, 1.165) is 6.42 Å². The number of benzene rings is 1. The van der Waals surface area contributed by atoms with Crippen molar-refractivity contribution >= 4 is 5.97 Å². The number of likely N-dealkylation sites (N-methyl/N-ethyl adjacent to an activating group) is 1. The van der Waals surface area contributed by atoms with E-state index in [1.54, 1.807) is 25.3 Å². The van der Waals surface area contributed by atoms with Gasteiger partial charge in [0.15, 0.2) is 11.5 Å². The van der Waals surface area contributed by atoms with Crippen molar-refractivity contribution in [1.82, 2.24) is 4.90 Å².